The Morgan fingerprint density at radius 1 is 1.33 bits per heavy atom. The highest BCUT2D eigenvalue weighted by molar-refractivity contribution is 5.90. The molecule has 4 nitrogen and oxygen atoms in total. The molecule has 0 aliphatic carbocycles. The van der Waals surface area contributed by atoms with Crippen molar-refractivity contribution in [3.05, 3.63) is 34.9 Å². The molecular formula is C14H17NO3. The minimum Gasteiger partial charge on any atom is -0.478 e. The van der Waals surface area contributed by atoms with Crippen molar-refractivity contribution >= 4 is 11.9 Å². The van der Waals surface area contributed by atoms with Gasteiger partial charge in [0.05, 0.1) is 5.56 Å². The van der Waals surface area contributed by atoms with Crippen LogP contribution in [0.25, 0.3) is 0 Å². The zero-order chi connectivity index (χ0) is 13.3. The van der Waals surface area contributed by atoms with Crippen molar-refractivity contribution in [3.63, 3.8) is 0 Å². The molecule has 96 valence electrons. The van der Waals surface area contributed by atoms with E-state index in [1.54, 1.807) is 17.0 Å². The highest BCUT2D eigenvalue weighted by Gasteiger charge is 2.25. The Balaban J connectivity index is 2.33. The molecule has 0 radical (unpaired) electrons. The molecule has 1 heterocycles. The van der Waals surface area contributed by atoms with Crippen LogP contribution < -0.4 is 0 Å². The summed E-state index contributed by atoms with van der Waals surface area (Å²) in [4.78, 5) is 24.9. The predicted octanol–water partition coefficient (Wildman–Crippen LogP) is 1.93. The molecule has 1 amide bonds. The van der Waals surface area contributed by atoms with E-state index in [1.807, 2.05) is 19.9 Å². The van der Waals surface area contributed by atoms with Crippen molar-refractivity contribution in [2.75, 3.05) is 6.54 Å². The molecule has 0 saturated carbocycles. The van der Waals surface area contributed by atoms with Gasteiger partial charge in [0.25, 0.3) is 0 Å². The molecule has 0 bridgehead atoms. The van der Waals surface area contributed by atoms with Gasteiger partial charge in [0.1, 0.15) is 0 Å². The second kappa shape index (κ2) is 4.80. The first-order chi connectivity index (χ1) is 8.50. The van der Waals surface area contributed by atoms with Crippen LogP contribution in [-0.2, 0) is 17.8 Å². The van der Waals surface area contributed by atoms with E-state index < -0.39 is 5.97 Å². The minimum atomic E-state index is -0.925. The molecule has 0 atom stereocenters. The molecular weight excluding hydrogens is 230 g/mol. The molecule has 0 spiro atoms. The third-order valence-corrected chi connectivity index (χ3v) is 3.31. The van der Waals surface area contributed by atoms with Gasteiger partial charge in [-0.1, -0.05) is 26.0 Å². The largest absolute Gasteiger partial charge is 0.478 e. The van der Waals surface area contributed by atoms with Crippen LogP contribution in [0, 0.1) is 5.92 Å². The molecule has 1 N–H and O–H groups in total. The SMILES string of the molecule is CC(C)C(=O)N1CCc2cccc(C(=O)O)c2C1. The van der Waals surface area contributed by atoms with Crippen molar-refractivity contribution in [2.45, 2.75) is 26.8 Å². The summed E-state index contributed by atoms with van der Waals surface area (Å²) in [5, 5.41) is 9.17. The summed E-state index contributed by atoms with van der Waals surface area (Å²) in [6.45, 7) is 4.81. The number of benzene rings is 1. The summed E-state index contributed by atoms with van der Waals surface area (Å²) in [6.07, 6.45) is 0.731. The summed E-state index contributed by atoms with van der Waals surface area (Å²) in [5.74, 6) is -0.893. The Bertz CT molecular complexity index is 494. The lowest BCUT2D eigenvalue weighted by Crippen LogP contribution is -2.39. The predicted molar refractivity (Wildman–Crippen MR) is 67.4 cm³/mol. The molecule has 0 fully saturated rings. The monoisotopic (exact) mass is 247 g/mol. The fraction of sp³-hybridized carbons (Fsp3) is 0.429. The summed E-state index contributed by atoms with van der Waals surface area (Å²) < 4.78 is 0. The Morgan fingerprint density at radius 3 is 2.67 bits per heavy atom. The van der Waals surface area contributed by atoms with Gasteiger partial charge < -0.3 is 10.0 Å². The van der Waals surface area contributed by atoms with E-state index in [2.05, 4.69) is 0 Å². The van der Waals surface area contributed by atoms with Gasteiger partial charge in [0.15, 0.2) is 0 Å². The van der Waals surface area contributed by atoms with E-state index in [-0.39, 0.29) is 11.8 Å². The standard InChI is InChI=1S/C14H17NO3/c1-9(2)13(16)15-7-6-10-4-3-5-11(14(17)18)12(10)8-15/h3-5,9H,6-8H2,1-2H3,(H,17,18). The molecule has 4 heteroatoms. The Morgan fingerprint density at radius 2 is 2.06 bits per heavy atom. The van der Waals surface area contributed by atoms with Crippen LogP contribution in [0.5, 0.6) is 0 Å². The number of hydrogen-bond donors (Lipinski definition) is 1. The molecule has 2 rings (SSSR count). The van der Waals surface area contributed by atoms with Crippen molar-refractivity contribution < 1.29 is 14.7 Å². The van der Waals surface area contributed by atoms with Crippen molar-refractivity contribution in [3.8, 4) is 0 Å². The first-order valence-electron chi connectivity index (χ1n) is 6.13. The third-order valence-electron chi connectivity index (χ3n) is 3.31. The third kappa shape index (κ3) is 2.23. The molecule has 1 aliphatic heterocycles. The normalized spacial score (nSPS) is 14.5. The summed E-state index contributed by atoms with van der Waals surface area (Å²) in [5.41, 5.74) is 2.14. The van der Waals surface area contributed by atoms with Gasteiger partial charge in [-0.05, 0) is 23.6 Å². The average molecular weight is 247 g/mol. The second-order valence-corrected chi connectivity index (χ2v) is 4.91. The number of carboxylic acids is 1. The fourth-order valence-corrected chi connectivity index (χ4v) is 2.33. The number of carbonyl (C=O) groups is 2. The summed E-state index contributed by atoms with van der Waals surface area (Å²) >= 11 is 0. The molecule has 1 aliphatic rings. The zero-order valence-electron chi connectivity index (χ0n) is 10.6. The first kappa shape index (κ1) is 12.6. The summed E-state index contributed by atoms with van der Waals surface area (Å²) in [6, 6.07) is 5.31. The highest BCUT2D eigenvalue weighted by atomic mass is 16.4. The maximum atomic E-state index is 12.0. The minimum absolute atomic E-state index is 0.0523. The van der Waals surface area contributed by atoms with E-state index in [0.29, 0.717) is 18.7 Å². The number of fused-ring (bicyclic) bond motifs is 1. The van der Waals surface area contributed by atoms with E-state index in [4.69, 9.17) is 0 Å². The topological polar surface area (TPSA) is 57.6 Å². The average Bonchev–Trinajstić information content (AvgIpc) is 2.36. The Hall–Kier alpha value is -1.84. The van der Waals surface area contributed by atoms with Gasteiger partial charge in [0.2, 0.25) is 5.91 Å². The van der Waals surface area contributed by atoms with E-state index >= 15 is 0 Å². The van der Waals surface area contributed by atoms with Crippen LogP contribution in [0.2, 0.25) is 0 Å². The Kier molecular flexibility index (Phi) is 3.36. The van der Waals surface area contributed by atoms with Crippen LogP contribution in [-0.4, -0.2) is 28.4 Å². The number of carbonyl (C=O) groups excluding carboxylic acids is 1. The van der Waals surface area contributed by atoms with Gasteiger partial charge in [-0.25, -0.2) is 4.79 Å². The van der Waals surface area contributed by atoms with Gasteiger partial charge in [-0.2, -0.15) is 0 Å². The summed E-state index contributed by atoms with van der Waals surface area (Å²) in [7, 11) is 0. The number of nitrogens with zero attached hydrogens (tertiary/aromatic N) is 1. The van der Waals surface area contributed by atoms with Crippen LogP contribution >= 0.6 is 0 Å². The van der Waals surface area contributed by atoms with Crippen molar-refractivity contribution in [1.82, 2.24) is 4.90 Å². The number of aromatic carboxylic acids is 1. The fourth-order valence-electron chi connectivity index (χ4n) is 2.33. The smallest absolute Gasteiger partial charge is 0.336 e. The number of hydrogen-bond acceptors (Lipinski definition) is 2. The molecule has 0 unspecified atom stereocenters. The van der Waals surface area contributed by atoms with Crippen LogP contribution in [0.1, 0.15) is 35.3 Å². The lowest BCUT2D eigenvalue weighted by Gasteiger charge is -2.31. The maximum absolute atomic E-state index is 12.0. The number of rotatable bonds is 2. The molecule has 1 aromatic carbocycles. The molecule has 0 saturated heterocycles. The highest BCUT2D eigenvalue weighted by Crippen LogP contribution is 2.23. The zero-order valence-corrected chi connectivity index (χ0v) is 10.6. The second-order valence-electron chi connectivity index (χ2n) is 4.91. The lowest BCUT2D eigenvalue weighted by molar-refractivity contribution is -0.135. The van der Waals surface area contributed by atoms with Gasteiger partial charge in [-0.15, -0.1) is 0 Å². The van der Waals surface area contributed by atoms with Gasteiger partial charge in [0, 0.05) is 19.0 Å². The molecule has 0 aromatic heterocycles. The van der Waals surface area contributed by atoms with Gasteiger partial charge in [-0.3, -0.25) is 4.79 Å². The quantitative estimate of drug-likeness (QED) is 0.868. The maximum Gasteiger partial charge on any atom is 0.336 e. The number of amides is 1. The van der Waals surface area contributed by atoms with E-state index in [9.17, 15) is 14.7 Å². The van der Waals surface area contributed by atoms with E-state index in [0.717, 1.165) is 17.5 Å². The first-order valence-corrected chi connectivity index (χ1v) is 6.13. The Labute approximate surface area is 106 Å². The molecule has 18 heavy (non-hydrogen) atoms. The van der Waals surface area contributed by atoms with Crippen LogP contribution in [0.15, 0.2) is 18.2 Å². The van der Waals surface area contributed by atoms with E-state index in [1.165, 1.54) is 0 Å². The van der Waals surface area contributed by atoms with Crippen molar-refractivity contribution in [1.29, 1.82) is 0 Å². The van der Waals surface area contributed by atoms with Gasteiger partial charge >= 0.3 is 5.97 Å². The number of carboxylic acid groups (broad SMARTS) is 1. The van der Waals surface area contributed by atoms with Crippen molar-refractivity contribution in [2.24, 2.45) is 5.92 Å². The van der Waals surface area contributed by atoms with Crippen LogP contribution in [0.3, 0.4) is 0 Å². The van der Waals surface area contributed by atoms with Crippen LogP contribution in [0.4, 0.5) is 0 Å². The molecule has 1 aromatic rings. The lowest BCUT2D eigenvalue weighted by atomic mass is 9.94.